The standard InChI is InChI=1S/C13H16N2O3/c1-13(2,8-14)5-6-18-9-3-4-11(15)10(7-9)12(16)17/h3-4,7H,5-6,15H2,1-2H3,(H,16,17). The van der Waals surface area contributed by atoms with Gasteiger partial charge >= 0.3 is 5.97 Å². The van der Waals surface area contributed by atoms with Gasteiger partial charge in [0.2, 0.25) is 0 Å². The molecular weight excluding hydrogens is 232 g/mol. The summed E-state index contributed by atoms with van der Waals surface area (Å²) in [4.78, 5) is 10.9. The normalized spacial score (nSPS) is 10.7. The molecule has 1 aromatic rings. The van der Waals surface area contributed by atoms with Crippen molar-refractivity contribution in [2.45, 2.75) is 20.3 Å². The quantitative estimate of drug-likeness (QED) is 0.779. The van der Waals surface area contributed by atoms with Crippen LogP contribution in [0.3, 0.4) is 0 Å². The number of nitrogens with zero attached hydrogens (tertiary/aromatic N) is 1. The van der Waals surface area contributed by atoms with Crippen molar-refractivity contribution >= 4 is 11.7 Å². The Kier molecular flexibility index (Phi) is 4.16. The van der Waals surface area contributed by atoms with Gasteiger partial charge in [0, 0.05) is 5.69 Å². The van der Waals surface area contributed by atoms with Gasteiger partial charge in [-0.1, -0.05) is 0 Å². The molecule has 0 amide bonds. The Balaban J connectivity index is 2.67. The van der Waals surface area contributed by atoms with Crippen LogP contribution in [0.1, 0.15) is 30.6 Å². The molecule has 0 spiro atoms. The van der Waals surface area contributed by atoms with Gasteiger partial charge in [0.1, 0.15) is 5.75 Å². The summed E-state index contributed by atoms with van der Waals surface area (Å²) in [5, 5.41) is 17.7. The number of benzene rings is 1. The second-order valence-corrected chi connectivity index (χ2v) is 4.65. The first kappa shape index (κ1) is 13.8. The molecule has 0 aliphatic rings. The van der Waals surface area contributed by atoms with Crippen LogP contribution in [0.5, 0.6) is 5.75 Å². The van der Waals surface area contributed by atoms with E-state index in [0.29, 0.717) is 18.8 Å². The van der Waals surface area contributed by atoms with Crippen LogP contribution in [0.15, 0.2) is 18.2 Å². The molecule has 0 fully saturated rings. The predicted octanol–water partition coefficient (Wildman–Crippen LogP) is 2.29. The van der Waals surface area contributed by atoms with Crippen molar-refractivity contribution in [1.29, 1.82) is 5.26 Å². The molecule has 5 heteroatoms. The first-order valence-corrected chi connectivity index (χ1v) is 5.52. The van der Waals surface area contributed by atoms with Crippen molar-refractivity contribution in [3.05, 3.63) is 23.8 Å². The summed E-state index contributed by atoms with van der Waals surface area (Å²) in [6.07, 6.45) is 0.566. The molecule has 0 unspecified atom stereocenters. The van der Waals surface area contributed by atoms with Crippen LogP contribution < -0.4 is 10.5 Å². The first-order chi connectivity index (χ1) is 8.35. The molecule has 1 rings (SSSR count). The lowest BCUT2D eigenvalue weighted by Gasteiger charge is -2.15. The fraction of sp³-hybridized carbons (Fsp3) is 0.385. The number of nitrogens with two attached hydrogens (primary N) is 1. The third-order valence-corrected chi connectivity index (χ3v) is 2.55. The fourth-order valence-corrected chi connectivity index (χ4v) is 1.29. The first-order valence-electron chi connectivity index (χ1n) is 5.52. The van der Waals surface area contributed by atoms with Gasteiger partial charge in [-0.2, -0.15) is 5.26 Å². The lowest BCUT2D eigenvalue weighted by Crippen LogP contribution is -2.13. The van der Waals surface area contributed by atoms with Gasteiger partial charge in [-0.25, -0.2) is 4.79 Å². The third-order valence-electron chi connectivity index (χ3n) is 2.55. The average molecular weight is 248 g/mol. The summed E-state index contributed by atoms with van der Waals surface area (Å²) in [6.45, 7) is 3.99. The lowest BCUT2D eigenvalue weighted by atomic mass is 9.92. The van der Waals surface area contributed by atoms with Crippen molar-refractivity contribution in [2.75, 3.05) is 12.3 Å². The van der Waals surface area contributed by atoms with Crippen LogP contribution in [0, 0.1) is 16.7 Å². The number of carboxylic acid groups (broad SMARTS) is 1. The summed E-state index contributed by atoms with van der Waals surface area (Å²) >= 11 is 0. The van der Waals surface area contributed by atoms with E-state index in [1.165, 1.54) is 12.1 Å². The highest BCUT2D eigenvalue weighted by Crippen LogP contribution is 2.22. The minimum Gasteiger partial charge on any atom is -0.494 e. The number of carboxylic acids is 1. The summed E-state index contributed by atoms with van der Waals surface area (Å²) < 4.78 is 5.42. The maximum atomic E-state index is 10.9. The van der Waals surface area contributed by atoms with Gasteiger partial charge in [-0.05, 0) is 38.5 Å². The van der Waals surface area contributed by atoms with Crippen LogP contribution in [0.25, 0.3) is 0 Å². The van der Waals surface area contributed by atoms with Crippen molar-refractivity contribution in [3.63, 3.8) is 0 Å². The smallest absolute Gasteiger partial charge is 0.337 e. The zero-order valence-electron chi connectivity index (χ0n) is 10.4. The Labute approximate surface area is 106 Å². The SMILES string of the molecule is CC(C)(C#N)CCOc1ccc(N)c(C(=O)O)c1. The third kappa shape index (κ3) is 3.67. The van der Waals surface area contributed by atoms with Gasteiger partial charge in [0.05, 0.1) is 23.7 Å². The molecule has 0 aliphatic heterocycles. The Bertz CT molecular complexity index is 489. The molecule has 5 nitrogen and oxygen atoms in total. The summed E-state index contributed by atoms with van der Waals surface area (Å²) in [7, 11) is 0. The number of ether oxygens (including phenoxy) is 1. The highest BCUT2D eigenvalue weighted by atomic mass is 16.5. The van der Waals surface area contributed by atoms with E-state index < -0.39 is 11.4 Å². The van der Waals surface area contributed by atoms with E-state index in [1.54, 1.807) is 6.07 Å². The summed E-state index contributed by atoms with van der Waals surface area (Å²) in [6, 6.07) is 6.66. The number of hydrogen-bond acceptors (Lipinski definition) is 4. The van der Waals surface area contributed by atoms with Crippen molar-refractivity contribution in [2.24, 2.45) is 5.41 Å². The fourth-order valence-electron chi connectivity index (χ4n) is 1.29. The topological polar surface area (TPSA) is 96.3 Å². The Morgan fingerprint density at radius 3 is 2.78 bits per heavy atom. The molecule has 0 radical (unpaired) electrons. The van der Waals surface area contributed by atoms with Crippen LogP contribution in [0.4, 0.5) is 5.69 Å². The molecule has 0 atom stereocenters. The van der Waals surface area contributed by atoms with Crippen LogP contribution in [-0.2, 0) is 0 Å². The number of rotatable bonds is 5. The molecule has 0 saturated heterocycles. The number of carbonyl (C=O) groups is 1. The van der Waals surface area contributed by atoms with Crippen LogP contribution in [0.2, 0.25) is 0 Å². The highest BCUT2D eigenvalue weighted by Gasteiger charge is 2.16. The van der Waals surface area contributed by atoms with Crippen molar-refractivity contribution in [3.8, 4) is 11.8 Å². The summed E-state index contributed by atoms with van der Waals surface area (Å²) in [5.41, 5.74) is 5.30. The van der Waals surface area contributed by atoms with E-state index in [1.807, 2.05) is 13.8 Å². The number of anilines is 1. The van der Waals surface area contributed by atoms with Crippen molar-refractivity contribution < 1.29 is 14.6 Å². The second kappa shape index (κ2) is 5.41. The number of nitriles is 1. The molecule has 0 heterocycles. The van der Waals surface area contributed by atoms with E-state index in [2.05, 4.69) is 6.07 Å². The van der Waals surface area contributed by atoms with Crippen LogP contribution in [-0.4, -0.2) is 17.7 Å². The number of aromatic carboxylic acids is 1. The van der Waals surface area contributed by atoms with E-state index in [9.17, 15) is 4.79 Å². The minimum absolute atomic E-state index is 0.0204. The zero-order chi connectivity index (χ0) is 13.8. The molecular formula is C13H16N2O3. The Hall–Kier alpha value is -2.22. The van der Waals surface area contributed by atoms with E-state index in [-0.39, 0.29) is 11.3 Å². The molecule has 0 aromatic heterocycles. The zero-order valence-corrected chi connectivity index (χ0v) is 10.4. The second-order valence-electron chi connectivity index (χ2n) is 4.65. The molecule has 0 saturated carbocycles. The predicted molar refractivity (Wildman–Crippen MR) is 67.3 cm³/mol. The number of nitrogen functional groups attached to an aromatic ring is 1. The monoisotopic (exact) mass is 248 g/mol. The largest absolute Gasteiger partial charge is 0.494 e. The molecule has 0 bridgehead atoms. The molecule has 96 valence electrons. The molecule has 3 N–H and O–H groups in total. The van der Waals surface area contributed by atoms with Gasteiger partial charge in [-0.3, -0.25) is 0 Å². The van der Waals surface area contributed by atoms with Crippen LogP contribution >= 0.6 is 0 Å². The minimum atomic E-state index is -1.09. The average Bonchev–Trinajstić information content (AvgIpc) is 2.31. The maximum Gasteiger partial charge on any atom is 0.337 e. The summed E-state index contributed by atoms with van der Waals surface area (Å²) in [5.74, 6) is -0.648. The van der Waals surface area contributed by atoms with Gasteiger partial charge < -0.3 is 15.6 Å². The molecule has 0 aliphatic carbocycles. The Morgan fingerprint density at radius 2 is 2.22 bits per heavy atom. The molecule has 1 aromatic carbocycles. The number of hydrogen-bond donors (Lipinski definition) is 2. The van der Waals surface area contributed by atoms with Crippen molar-refractivity contribution in [1.82, 2.24) is 0 Å². The highest BCUT2D eigenvalue weighted by molar-refractivity contribution is 5.94. The van der Waals surface area contributed by atoms with Gasteiger partial charge in [0.25, 0.3) is 0 Å². The van der Waals surface area contributed by atoms with E-state index in [4.69, 9.17) is 20.8 Å². The van der Waals surface area contributed by atoms with Gasteiger partial charge in [-0.15, -0.1) is 0 Å². The van der Waals surface area contributed by atoms with E-state index >= 15 is 0 Å². The lowest BCUT2D eigenvalue weighted by molar-refractivity contribution is 0.0697. The molecule has 18 heavy (non-hydrogen) atoms. The van der Waals surface area contributed by atoms with E-state index in [0.717, 1.165) is 0 Å². The Morgan fingerprint density at radius 1 is 1.56 bits per heavy atom. The maximum absolute atomic E-state index is 10.9. The van der Waals surface area contributed by atoms with Gasteiger partial charge in [0.15, 0.2) is 0 Å².